The molecule has 8 nitrogen and oxygen atoms in total. The molecular weight excluding hydrogens is 666 g/mol. The number of rotatable bonds is 13. The number of ether oxygens (including phenoxy) is 1. The van der Waals surface area contributed by atoms with Gasteiger partial charge in [0.2, 0.25) is 11.8 Å². The molecule has 0 heterocycles. The number of nitrogens with one attached hydrogen (secondary N) is 1. The third-order valence-electron chi connectivity index (χ3n) is 6.90. The molecule has 0 aliphatic carbocycles. The van der Waals surface area contributed by atoms with Gasteiger partial charge in [0.15, 0.2) is 0 Å². The van der Waals surface area contributed by atoms with Crippen LogP contribution in [-0.4, -0.2) is 51.4 Å². The fourth-order valence-corrected chi connectivity index (χ4v) is 6.86. The Kier molecular flexibility index (Phi) is 11.4. The molecule has 11 heteroatoms. The van der Waals surface area contributed by atoms with E-state index in [2.05, 4.69) is 21.2 Å². The van der Waals surface area contributed by atoms with Crippen molar-refractivity contribution < 1.29 is 22.7 Å². The van der Waals surface area contributed by atoms with Crippen molar-refractivity contribution in [2.24, 2.45) is 0 Å². The van der Waals surface area contributed by atoms with Crippen molar-refractivity contribution in [2.45, 2.75) is 30.8 Å². The van der Waals surface area contributed by atoms with Crippen LogP contribution in [0.15, 0.2) is 112 Å². The zero-order valence-electron chi connectivity index (χ0n) is 24.3. The zero-order valence-corrected chi connectivity index (χ0v) is 27.5. The first-order valence-corrected chi connectivity index (χ1v) is 16.5. The highest BCUT2D eigenvalue weighted by Gasteiger charge is 2.34. The normalized spacial score (nSPS) is 11.8. The summed E-state index contributed by atoms with van der Waals surface area (Å²) in [7, 11) is -2.78. The zero-order chi connectivity index (χ0) is 31.7. The van der Waals surface area contributed by atoms with E-state index in [1.165, 1.54) is 36.3 Å². The topological polar surface area (TPSA) is 96.0 Å². The quantitative estimate of drug-likeness (QED) is 0.183. The second kappa shape index (κ2) is 15.2. The summed E-state index contributed by atoms with van der Waals surface area (Å²) >= 11 is 9.89. The standard InChI is InChI=1S/C33H33BrClN3O5S/c1-3-36-33(40)30(20-24-11-6-4-7-12-24)37(22-25-13-10-14-26(34)19-25)32(39)23-38(27-17-18-31(43-2)29(35)21-27)44(41,42)28-15-8-5-9-16-28/h4-19,21,30H,3,20,22-23H2,1-2H3,(H,36,40)/t30-/m0/s1. The monoisotopic (exact) mass is 697 g/mol. The van der Waals surface area contributed by atoms with E-state index in [9.17, 15) is 18.0 Å². The van der Waals surface area contributed by atoms with Crippen LogP contribution >= 0.6 is 27.5 Å². The van der Waals surface area contributed by atoms with Gasteiger partial charge in [-0.1, -0.05) is 88.2 Å². The Morgan fingerprint density at radius 1 is 0.909 bits per heavy atom. The van der Waals surface area contributed by atoms with Gasteiger partial charge in [-0.05, 0) is 60.5 Å². The third-order valence-corrected chi connectivity index (χ3v) is 9.47. The molecule has 0 saturated carbocycles. The lowest BCUT2D eigenvalue weighted by molar-refractivity contribution is -0.140. The number of nitrogens with zero attached hydrogens (tertiary/aromatic N) is 2. The molecule has 4 rings (SSSR count). The van der Waals surface area contributed by atoms with E-state index in [1.807, 2.05) is 54.6 Å². The van der Waals surface area contributed by atoms with Gasteiger partial charge in [0.1, 0.15) is 18.3 Å². The van der Waals surface area contributed by atoms with Gasteiger partial charge in [0.25, 0.3) is 10.0 Å². The van der Waals surface area contributed by atoms with Gasteiger partial charge in [-0.3, -0.25) is 13.9 Å². The first kappa shape index (κ1) is 33.0. The van der Waals surface area contributed by atoms with E-state index in [0.717, 1.165) is 19.9 Å². The van der Waals surface area contributed by atoms with E-state index in [-0.39, 0.29) is 34.5 Å². The van der Waals surface area contributed by atoms with E-state index in [1.54, 1.807) is 31.2 Å². The predicted molar refractivity (Wildman–Crippen MR) is 176 cm³/mol. The highest BCUT2D eigenvalue weighted by molar-refractivity contribution is 9.10. The summed E-state index contributed by atoms with van der Waals surface area (Å²) in [5, 5.41) is 3.04. The lowest BCUT2D eigenvalue weighted by atomic mass is 10.0. The molecule has 0 aliphatic heterocycles. The molecule has 44 heavy (non-hydrogen) atoms. The highest BCUT2D eigenvalue weighted by atomic mass is 79.9. The van der Waals surface area contributed by atoms with Crippen molar-refractivity contribution in [3.05, 3.63) is 124 Å². The van der Waals surface area contributed by atoms with Crippen LogP contribution in [0.2, 0.25) is 5.02 Å². The fraction of sp³-hybridized carbons (Fsp3) is 0.212. The van der Waals surface area contributed by atoms with Crippen molar-refractivity contribution in [2.75, 3.05) is 24.5 Å². The van der Waals surface area contributed by atoms with Crippen LogP contribution in [0, 0.1) is 0 Å². The summed E-state index contributed by atoms with van der Waals surface area (Å²) in [6.07, 6.45) is 0.228. The molecule has 4 aromatic carbocycles. The number of amides is 2. The summed E-state index contributed by atoms with van der Waals surface area (Å²) in [4.78, 5) is 29.4. The van der Waals surface area contributed by atoms with Crippen LogP contribution in [0.5, 0.6) is 5.75 Å². The summed E-state index contributed by atoms with van der Waals surface area (Å²) in [6.45, 7) is 1.65. The number of anilines is 1. The minimum Gasteiger partial charge on any atom is -0.495 e. The Balaban J connectivity index is 1.81. The average Bonchev–Trinajstić information content (AvgIpc) is 3.02. The maximum absolute atomic E-state index is 14.4. The van der Waals surface area contributed by atoms with E-state index in [4.69, 9.17) is 16.3 Å². The molecule has 230 valence electrons. The number of methoxy groups -OCH3 is 1. The van der Waals surface area contributed by atoms with Gasteiger partial charge in [0, 0.05) is 24.0 Å². The first-order valence-electron chi connectivity index (χ1n) is 13.9. The second-order valence-electron chi connectivity index (χ2n) is 9.90. The number of sulfonamides is 1. The molecule has 0 bridgehead atoms. The minimum absolute atomic E-state index is 0.00263. The minimum atomic E-state index is -4.24. The number of likely N-dealkylation sites (N-methyl/N-ethyl adjacent to an activating group) is 1. The van der Waals surface area contributed by atoms with Gasteiger partial charge in [-0.15, -0.1) is 0 Å². The summed E-state index contributed by atoms with van der Waals surface area (Å²) in [5.74, 6) is -0.553. The van der Waals surface area contributed by atoms with Crippen molar-refractivity contribution in [3.8, 4) is 5.75 Å². The molecule has 0 saturated heterocycles. The van der Waals surface area contributed by atoms with E-state index >= 15 is 0 Å². The lowest BCUT2D eigenvalue weighted by Crippen LogP contribution is -2.53. The Morgan fingerprint density at radius 2 is 1.57 bits per heavy atom. The van der Waals surface area contributed by atoms with E-state index < -0.39 is 28.5 Å². The molecule has 1 atom stereocenters. The van der Waals surface area contributed by atoms with Gasteiger partial charge in [-0.25, -0.2) is 8.42 Å². The molecule has 2 amide bonds. The Bertz CT molecular complexity index is 1690. The Hall–Kier alpha value is -3.86. The van der Waals surface area contributed by atoms with Crippen molar-refractivity contribution in [3.63, 3.8) is 0 Å². The SMILES string of the molecule is CCNC(=O)[C@H](Cc1ccccc1)N(Cc1cccc(Br)c1)C(=O)CN(c1ccc(OC)c(Cl)c1)S(=O)(=O)c1ccccc1. The summed E-state index contributed by atoms with van der Waals surface area (Å²) in [6, 6.07) is 28.2. The van der Waals surface area contributed by atoms with Gasteiger partial charge >= 0.3 is 0 Å². The second-order valence-corrected chi connectivity index (χ2v) is 13.1. The molecule has 0 radical (unpaired) electrons. The number of hydrogen-bond donors (Lipinski definition) is 1. The number of carbonyl (C=O) groups excluding carboxylic acids is 2. The van der Waals surface area contributed by atoms with Crippen molar-refractivity contribution >= 4 is 55.1 Å². The number of hydrogen-bond acceptors (Lipinski definition) is 5. The molecule has 0 aliphatic rings. The van der Waals surface area contributed by atoms with Gasteiger partial charge in [-0.2, -0.15) is 0 Å². The Labute approximate surface area is 271 Å². The smallest absolute Gasteiger partial charge is 0.264 e. The maximum Gasteiger partial charge on any atom is 0.264 e. The molecular formula is C33H33BrClN3O5S. The van der Waals surface area contributed by atoms with Crippen LogP contribution in [0.3, 0.4) is 0 Å². The molecule has 1 N–H and O–H groups in total. The molecule has 0 aromatic heterocycles. The van der Waals surface area contributed by atoms with Crippen LogP contribution in [-0.2, 0) is 32.6 Å². The first-order chi connectivity index (χ1) is 21.1. The van der Waals surface area contributed by atoms with Crippen molar-refractivity contribution in [1.29, 1.82) is 0 Å². The van der Waals surface area contributed by atoms with Crippen LogP contribution < -0.4 is 14.4 Å². The summed E-state index contributed by atoms with van der Waals surface area (Å²) in [5.41, 5.74) is 1.79. The number of carbonyl (C=O) groups is 2. The molecule has 4 aromatic rings. The Morgan fingerprint density at radius 3 is 2.18 bits per heavy atom. The largest absolute Gasteiger partial charge is 0.495 e. The van der Waals surface area contributed by atoms with Gasteiger partial charge in [0.05, 0.1) is 22.7 Å². The van der Waals surface area contributed by atoms with Crippen LogP contribution in [0.25, 0.3) is 0 Å². The average molecular weight is 699 g/mol. The number of halogens is 2. The highest BCUT2D eigenvalue weighted by Crippen LogP contribution is 2.32. The lowest BCUT2D eigenvalue weighted by Gasteiger charge is -2.34. The molecule has 0 unspecified atom stereocenters. The van der Waals surface area contributed by atoms with Gasteiger partial charge < -0.3 is 15.0 Å². The molecule has 0 spiro atoms. The maximum atomic E-state index is 14.4. The predicted octanol–water partition coefficient (Wildman–Crippen LogP) is 6.08. The van der Waals surface area contributed by atoms with Crippen LogP contribution in [0.4, 0.5) is 5.69 Å². The summed E-state index contributed by atoms with van der Waals surface area (Å²) < 4.78 is 35.2. The van der Waals surface area contributed by atoms with E-state index in [0.29, 0.717) is 12.3 Å². The molecule has 0 fully saturated rings. The fourth-order valence-electron chi connectivity index (χ4n) is 4.74. The van der Waals surface area contributed by atoms with Crippen molar-refractivity contribution in [1.82, 2.24) is 10.2 Å². The number of benzene rings is 4. The van der Waals surface area contributed by atoms with Crippen LogP contribution in [0.1, 0.15) is 18.1 Å². The third kappa shape index (κ3) is 8.19.